The van der Waals surface area contributed by atoms with Crippen LogP contribution < -0.4 is 14.8 Å². The molecule has 0 heterocycles. The zero-order chi connectivity index (χ0) is 26.0. The molecule has 0 aliphatic heterocycles. The molecule has 35 heavy (non-hydrogen) atoms. The molecular weight excluding hydrogens is 466 g/mol. The number of rotatable bonds is 13. The number of amides is 2. The van der Waals surface area contributed by atoms with E-state index in [-0.39, 0.29) is 23.1 Å². The fourth-order valence-corrected chi connectivity index (χ4v) is 4.51. The van der Waals surface area contributed by atoms with Gasteiger partial charge < -0.3 is 15.0 Å². The number of nitrogens with one attached hydrogen (secondary N) is 2. The van der Waals surface area contributed by atoms with Crippen molar-refractivity contribution >= 4 is 21.8 Å². The second kappa shape index (κ2) is 13.3. The highest BCUT2D eigenvalue weighted by Gasteiger charge is 2.26. The van der Waals surface area contributed by atoms with Crippen molar-refractivity contribution in [1.29, 1.82) is 0 Å². The first-order valence-electron chi connectivity index (χ1n) is 11.9. The quantitative estimate of drug-likeness (QED) is 0.437. The first-order valence-corrected chi connectivity index (χ1v) is 13.3. The Bertz CT molecular complexity index is 1070. The van der Waals surface area contributed by atoms with Gasteiger partial charge in [0.15, 0.2) is 0 Å². The summed E-state index contributed by atoms with van der Waals surface area (Å²) in [6, 6.07) is 13.3. The smallest absolute Gasteiger partial charge is 0.242 e. The van der Waals surface area contributed by atoms with E-state index in [9.17, 15) is 18.0 Å². The molecule has 0 saturated heterocycles. The Morgan fingerprint density at radius 2 is 1.57 bits per heavy atom. The number of benzene rings is 2. The van der Waals surface area contributed by atoms with Crippen molar-refractivity contribution < 1.29 is 22.7 Å². The molecule has 0 aliphatic rings. The van der Waals surface area contributed by atoms with Crippen LogP contribution in [-0.4, -0.2) is 51.4 Å². The van der Waals surface area contributed by atoms with Gasteiger partial charge in [0, 0.05) is 26.1 Å². The summed E-state index contributed by atoms with van der Waals surface area (Å²) in [6.45, 7) is 8.62. The molecule has 0 aliphatic carbocycles. The predicted octanol–water partition coefficient (Wildman–Crippen LogP) is 3.12. The molecule has 2 aromatic rings. The van der Waals surface area contributed by atoms with Gasteiger partial charge in [-0.05, 0) is 54.7 Å². The Kier molecular flexibility index (Phi) is 10.7. The van der Waals surface area contributed by atoms with Crippen LogP contribution >= 0.6 is 0 Å². The van der Waals surface area contributed by atoms with E-state index in [0.717, 1.165) is 11.1 Å². The summed E-state index contributed by atoms with van der Waals surface area (Å²) in [7, 11) is -1.93. The molecule has 0 radical (unpaired) electrons. The summed E-state index contributed by atoms with van der Waals surface area (Å²) < 4.78 is 31.9. The van der Waals surface area contributed by atoms with Crippen LogP contribution in [0, 0.1) is 5.92 Å². The van der Waals surface area contributed by atoms with Gasteiger partial charge in [-0.3, -0.25) is 9.59 Å². The lowest BCUT2D eigenvalue weighted by atomic mass is 10.1. The Morgan fingerprint density at radius 1 is 0.971 bits per heavy atom. The highest BCUT2D eigenvalue weighted by molar-refractivity contribution is 7.89. The lowest BCUT2D eigenvalue weighted by molar-refractivity contribution is -0.140. The average molecular weight is 504 g/mol. The van der Waals surface area contributed by atoms with Gasteiger partial charge in [-0.1, -0.05) is 45.0 Å². The zero-order valence-corrected chi connectivity index (χ0v) is 22.0. The summed E-state index contributed by atoms with van der Waals surface area (Å²) in [5, 5.41) is 2.91. The largest absolute Gasteiger partial charge is 0.497 e. The number of ether oxygens (including phenoxy) is 1. The molecule has 0 bridgehead atoms. The van der Waals surface area contributed by atoms with Crippen molar-refractivity contribution in [2.75, 3.05) is 20.2 Å². The first kappa shape index (κ1) is 28.3. The third-order valence-corrected chi connectivity index (χ3v) is 7.12. The standard InChI is InChI=1S/C26H37N3O5S/c1-6-28-35(32,33)24-14-9-21(10-15-24)11-16-25(30)29(20(4)26(31)27-17-19(2)3)18-22-7-12-23(34-5)13-8-22/h7-10,12-15,19-20,28H,6,11,16-18H2,1-5H3,(H,27,31)/t20-/m0/s1. The fourth-order valence-electron chi connectivity index (χ4n) is 3.47. The second-order valence-corrected chi connectivity index (χ2v) is 10.6. The van der Waals surface area contributed by atoms with Gasteiger partial charge >= 0.3 is 0 Å². The number of carbonyl (C=O) groups is 2. The molecule has 8 nitrogen and oxygen atoms in total. The molecule has 0 fully saturated rings. The summed E-state index contributed by atoms with van der Waals surface area (Å²) in [6.07, 6.45) is 0.622. The van der Waals surface area contributed by atoms with E-state index in [4.69, 9.17) is 4.74 Å². The van der Waals surface area contributed by atoms with E-state index in [1.165, 1.54) is 12.1 Å². The summed E-state index contributed by atoms with van der Waals surface area (Å²) >= 11 is 0. The molecule has 0 aromatic heterocycles. The number of aryl methyl sites for hydroxylation is 1. The van der Waals surface area contributed by atoms with Crippen molar-refractivity contribution in [3.8, 4) is 5.75 Å². The van der Waals surface area contributed by atoms with Crippen LogP contribution in [-0.2, 0) is 32.6 Å². The van der Waals surface area contributed by atoms with Crippen LogP contribution in [0.2, 0.25) is 0 Å². The van der Waals surface area contributed by atoms with Gasteiger partial charge in [-0.15, -0.1) is 0 Å². The topological polar surface area (TPSA) is 105 Å². The molecule has 2 rings (SSSR count). The normalized spacial score (nSPS) is 12.3. The maximum absolute atomic E-state index is 13.3. The number of methoxy groups -OCH3 is 1. The Labute approximate surface area is 209 Å². The van der Waals surface area contributed by atoms with Crippen LogP contribution in [0.25, 0.3) is 0 Å². The molecule has 0 unspecified atom stereocenters. The molecule has 2 N–H and O–H groups in total. The zero-order valence-electron chi connectivity index (χ0n) is 21.2. The minimum absolute atomic E-state index is 0.155. The Hall–Kier alpha value is -2.91. The van der Waals surface area contributed by atoms with Crippen LogP contribution in [0.3, 0.4) is 0 Å². The lowest BCUT2D eigenvalue weighted by Gasteiger charge is -2.29. The first-order chi connectivity index (χ1) is 16.6. The van der Waals surface area contributed by atoms with Gasteiger partial charge in [0.05, 0.1) is 12.0 Å². The van der Waals surface area contributed by atoms with E-state index < -0.39 is 16.1 Å². The number of nitrogens with zero attached hydrogens (tertiary/aromatic N) is 1. The minimum atomic E-state index is -3.52. The molecule has 2 amide bonds. The number of carbonyl (C=O) groups excluding carboxylic acids is 2. The second-order valence-electron chi connectivity index (χ2n) is 8.83. The van der Waals surface area contributed by atoms with E-state index in [0.29, 0.717) is 37.7 Å². The van der Waals surface area contributed by atoms with Crippen molar-refractivity contribution in [2.24, 2.45) is 5.92 Å². The van der Waals surface area contributed by atoms with Gasteiger partial charge in [-0.2, -0.15) is 0 Å². The van der Waals surface area contributed by atoms with Gasteiger partial charge in [0.2, 0.25) is 21.8 Å². The molecule has 9 heteroatoms. The van der Waals surface area contributed by atoms with Crippen molar-refractivity contribution in [3.63, 3.8) is 0 Å². The van der Waals surface area contributed by atoms with E-state index in [2.05, 4.69) is 10.0 Å². The van der Waals surface area contributed by atoms with Crippen LogP contribution in [0.4, 0.5) is 0 Å². The summed E-state index contributed by atoms with van der Waals surface area (Å²) in [5.41, 5.74) is 1.73. The molecule has 2 aromatic carbocycles. The van der Waals surface area contributed by atoms with Gasteiger partial charge in [0.25, 0.3) is 0 Å². The maximum atomic E-state index is 13.3. The molecule has 1 atom stereocenters. The molecular formula is C26H37N3O5S. The number of hydrogen-bond acceptors (Lipinski definition) is 5. The Morgan fingerprint density at radius 3 is 2.11 bits per heavy atom. The average Bonchev–Trinajstić information content (AvgIpc) is 2.84. The van der Waals surface area contributed by atoms with E-state index >= 15 is 0 Å². The number of hydrogen-bond donors (Lipinski definition) is 2. The van der Waals surface area contributed by atoms with Gasteiger partial charge in [-0.25, -0.2) is 13.1 Å². The SMILES string of the molecule is CCNS(=O)(=O)c1ccc(CCC(=O)N(Cc2ccc(OC)cc2)[C@@H](C)C(=O)NCC(C)C)cc1. The van der Waals surface area contributed by atoms with E-state index in [1.54, 1.807) is 38.0 Å². The van der Waals surface area contributed by atoms with Crippen LogP contribution in [0.5, 0.6) is 5.75 Å². The summed E-state index contributed by atoms with van der Waals surface area (Å²) in [5.74, 6) is 0.668. The minimum Gasteiger partial charge on any atom is -0.497 e. The predicted molar refractivity (Wildman–Crippen MR) is 136 cm³/mol. The molecule has 192 valence electrons. The maximum Gasteiger partial charge on any atom is 0.242 e. The summed E-state index contributed by atoms with van der Waals surface area (Å²) in [4.78, 5) is 27.8. The highest BCUT2D eigenvalue weighted by Crippen LogP contribution is 2.17. The third-order valence-electron chi connectivity index (χ3n) is 5.56. The van der Waals surface area contributed by atoms with Crippen LogP contribution in [0.15, 0.2) is 53.4 Å². The Balaban J connectivity index is 2.13. The molecule has 0 saturated carbocycles. The lowest BCUT2D eigenvalue weighted by Crippen LogP contribution is -2.48. The van der Waals surface area contributed by atoms with Gasteiger partial charge in [0.1, 0.15) is 11.8 Å². The van der Waals surface area contributed by atoms with Crippen molar-refractivity contribution in [1.82, 2.24) is 14.9 Å². The fraction of sp³-hybridized carbons (Fsp3) is 0.462. The monoisotopic (exact) mass is 503 g/mol. The highest BCUT2D eigenvalue weighted by atomic mass is 32.2. The van der Waals surface area contributed by atoms with E-state index in [1.807, 2.05) is 38.1 Å². The number of sulfonamides is 1. The van der Waals surface area contributed by atoms with Crippen molar-refractivity contribution in [3.05, 3.63) is 59.7 Å². The van der Waals surface area contributed by atoms with Crippen LogP contribution in [0.1, 0.15) is 45.2 Å². The molecule has 0 spiro atoms. The van der Waals surface area contributed by atoms with Crippen molar-refractivity contribution in [2.45, 2.75) is 58.0 Å². The third kappa shape index (κ3) is 8.67.